The second-order valence-corrected chi connectivity index (χ2v) is 6.84. The zero-order valence-electron chi connectivity index (χ0n) is 13.6. The number of nitrogens with zero attached hydrogens (tertiary/aromatic N) is 1. The number of fused-ring (bicyclic) bond motifs is 1. The van der Waals surface area contributed by atoms with Crippen molar-refractivity contribution < 1.29 is 4.74 Å². The number of ether oxygens (including phenoxy) is 1. The molecule has 0 radical (unpaired) electrons. The molecule has 1 aromatic rings. The van der Waals surface area contributed by atoms with Crippen molar-refractivity contribution in [2.45, 2.75) is 51.2 Å². The highest BCUT2D eigenvalue weighted by molar-refractivity contribution is 5.41. The molecular formula is C18H28N2O. The molecule has 1 unspecified atom stereocenters. The van der Waals surface area contributed by atoms with E-state index in [0.29, 0.717) is 6.04 Å². The molecule has 3 nitrogen and oxygen atoms in total. The van der Waals surface area contributed by atoms with Gasteiger partial charge < -0.3 is 15.0 Å². The zero-order valence-corrected chi connectivity index (χ0v) is 13.6. The molecule has 3 rings (SSSR count). The number of hydrogen-bond acceptors (Lipinski definition) is 3. The number of hydrogen-bond donors (Lipinski definition) is 1. The summed E-state index contributed by atoms with van der Waals surface area (Å²) in [6.07, 6.45) is 4.56. The van der Waals surface area contributed by atoms with Crippen molar-refractivity contribution in [3.05, 3.63) is 29.3 Å². The lowest BCUT2D eigenvalue weighted by Gasteiger charge is -2.46. The van der Waals surface area contributed by atoms with Gasteiger partial charge in [0, 0.05) is 31.1 Å². The van der Waals surface area contributed by atoms with E-state index in [2.05, 4.69) is 49.3 Å². The summed E-state index contributed by atoms with van der Waals surface area (Å²) in [6, 6.07) is 7.08. The first-order valence-corrected chi connectivity index (χ1v) is 8.33. The molecule has 21 heavy (non-hydrogen) atoms. The van der Waals surface area contributed by atoms with Crippen LogP contribution in [-0.2, 0) is 0 Å². The lowest BCUT2D eigenvalue weighted by atomic mass is 9.80. The molecule has 0 aromatic heterocycles. The Morgan fingerprint density at radius 1 is 1.33 bits per heavy atom. The fraction of sp³-hybridized carbons (Fsp3) is 0.667. The predicted molar refractivity (Wildman–Crippen MR) is 86.9 cm³/mol. The minimum Gasteiger partial charge on any atom is -0.487 e. The van der Waals surface area contributed by atoms with Gasteiger partial charge in [-0.15, -0.1) is 0 Å². The number of aryl methyl sites for hydroxylation is 1. The monoisotopic (exact) mass is 288 g/mol. The van der Waals surface area contributed by atoms with Crippen molar-refractivity contribution in [1.29, 1.82) is 0 Å². The quantitative estimate of drug-likeness (QED) is 0.924. The van der Waals surface area contributed by atoms with Gasteiger partial charge in [0.1, 0.15) is 11.4 Å². The normalized spacial score (nSPS) is 24.6. The van der Waals surface area contributed by atoms with Gasteiger partial charge in [-0.25, -0.2) is 0 Å². The lowest BCUT2D eigenvalue weighted by molar-refractivity contribution is -0.0202. The SMILES string of the molecule is CCCNC1CC2(CCN(C)CC2)Oc2ccc(C)cc21. The van der Waals surface area contributed by atoms with Gasteiger partial charge in [-0.05, 0) is 45.8 Å². The minimum atomic E-state index is 0.0418. The molecule has 2 aliphatic heterocycles. The highest BCUT2D eigenvalue weighted by Crippen LogP contribution is 2.44. The second-order valence-electron chi connectivity index (χ2n) is 6.84. The van der Waals surface area contributed by atoms with Gasteiger partial charge in [0.25, 0.3) is 0 Å². The fourth-order valence-corrected chi connectivity index (χ4v) is 3.62. The highest BCUT2D eigenvalue weighted by atomic mass is 16.5. The van der Waals surface area contributed by atoms with Crippen molar-refractivity contribution >= 4 is 0 Å². The third-order valence-corrected chi connectivity index (χ3v) is 4.98. The molecule has 1 N–H and O–H groups in total. The van der Waals surface area contributed by atoms with E-state index < -0.39 is 0 Å². The van der Waals surface area contributed by atoms with Gasteiger partial charge >= 0.3 is 0 Å². The van der Waals surface area contributed by atoms with E-state index in [-0.39, 0.29) is 5.60 Å². The standard InChI is InChI=1S/C18H28N2O/c1-4-9-19-16-13-18(7-10-20(3)11-8-18)21-17-6-5-14(2)12-15(16)17/h5-6,12,16,19H,4,7-11,13H2,1-3H3. The van der Waals surface area contributed by atoms with Crippen molar-refractivity contribution in [3.63, 3.8) is 0 Å². The minimum absolute atomic E-state index is 0.0418. The second kappa shape index (κ2) is 5.98. The van der Waals surface area contributed by atoms with Gasteiger partial charge in [0.05, 0.1) is 0 Å². The molecule has 116 valence electrons. The van der Waals surface area contributed by atoms with Gasteiger partial charge in [-0.1, -0.05) is 24.6 Å². The average Bonchev–Trinajstić information content (AvgIpc) is 2.49. The molecule has 1 spiro atoms. The summed E-state index contributed by atoms with van der Waals surface area (Å²) in [5.74, 6) is 1.10. The van der Waals surface area contributed by atoms with Crippen molar-refractivity contribution in [2.24, 2.45) is 0 Å². The first kappa shape index (κ1) is 14.9. The molecule has 1 aromatic carbocycles. The van der Waals surface area contributed by atoms with E-state index >= 15 is 0 Å². The Morgan fingerprint density at radius 3 is 2.81 bits per heavy atom. The molecule has 0 amide bonds. The van der Waals surface area contributed by atoms with Crippen LogP contribution in [0.4, 0.5) is 0 Å². The average molecular weight is 288 g/mol. The van der Waals surface area contributed by atoms with Crippen LogP contribution in [0.25, 0.3) is 0 Å². The highest BCUT2D eigenvalue weighted by Gasteiger charge is 2.42. The summed E-state index contributed by atoms with van der Waals surface area (Å²) in [4.78, 5) is 2.41. The number of benzene rings is 1. The van der Waals surface area contributed by atoms with E-state index in [1.54, 1.807) is 0 Å². The van der Waals surface area contributed by atoms with Crippen molar-refractivity contribution in [3.8, 4) is 5.75 Å². The lowest BCUT2D eigenvalue weighted by Crippen LogP contribution is -2.51. The van der Waals surface area contributed by atoms with Crippen LogP contribution in [0.15, 0.2) is 18.2 Å². The molecular weight excluding hydrogens is 260 g/mol. The first-order chi connectivity index (χ1) is 10.1. The van der Waals surface area contributed by atoms with Crippen LogP contribution in [0, 0.1) is 6.92 Å². The Hall–Kier alpha value is -1.06. The maximum Gasteiger partial charge on any atom is 0.124 e. The zero-order chi connectivity index (χ0) is 14.9. The summed E-state index contributed by atoms with van der Waals surface area (Å²) < 4.78 is 6.51. The Morgan fingerprint density at radius 2 is 2.10 bits per heavy atom. The first-order valence-electron chi connectivity index (χ1n) is 8.33. The third-order valence-electron chi connectivity index (χ3n) is 4.98. The maximum atomic E-state index is 6.51. The molecule has 0 aliphatic carbocycles. The van der Waals surface area contributed by atoms with Crippen molar-refractivity contribution in [2.75, 3.05) is 26.7 Å². The number of nitrogens with one attached hydrogen (secondary N) is 1. The summed E-state index contributed by atoms with van der Waals surface area (Å²) in [5.41, 5.74) is 2.72. The Bertz CT molecular complexity index is 492. The molecule has 2 heterocycles. The topological polar surface area (TPSA) is 24.5 Å². The van der Waals surface area contributed by atoms with Gasteiger partial charge in [-0.2, -0.15) is 0 Å². The van der Waals surface area contributed by atoms with E-state index in [9.17, 15) is 0 Å². The Kier molecular flexibility index (Phi) is 4.23. The van der Waals surface area contributed by atoms with Crippen molar-refractivity contribution in [1.82, 2.24) is 10.2 Å². The van der Waals surface area contributed by atoms with Crippen LogP contribution in [0.3, 0.4) is 0 Å². The van der Waals surface area contributed by atoms with Crippen LogP contribution in [-0.4, -0.2) is 37.2 Å². The van der Waals surface area contributed by atoms with Crippen LogP contribution in [0.2, 0.25) is 0 Å². The number of likely N-dealkylation sites (tertiary alicyclic amines) is 1. The van der Waals surface area contributed by atoms with Gasteiger partial charge in [0.15, 0.2) is 0 Å². The summed E-state index contributed by atoms with van der Waals surface area (Å²) >= 11 is 0. The molecule has 1 atom stereocenters. The van der Waals surface area contributed by atoms with Crippen LogP contribution < -0.4 is 10.1 Å². The van der Waals surface area contributed by atoms with Crippen LogP contribution in [0.1, 0.15) is 49.8 Å². The molecule has 0 bridgehead atoms. The molecule has 1 fully saturated rings. The van der Waals surface area contributed by atoms with Crippen LogP contribution in [0.5, 0.6) is 5.75 Å². The summed E-state index contributed by atoms with van der Waals surface area (Å²) in [6.45, 7) is 7.75. The summed E-state index contributed by atoms with van der Waals surface area (Å²) in [5, 5.41) is 3.74. The molecule has 3 heteroatoms. The molecule has 2 aliphatic rings. The molecule has 1 saturated heterocycles. The van der Waals surface area contributed by atoms with E-state index in [0.717, 1.165) is 44.6 Å². The Labute approximate surface area is 128 Å². The van der Waals surface area contributed by atoms with Gasteiger partial charge in [-0.3, -0.25) is 0 Å². The summed E-state index contributed by atoms with van der Waals surface area (Å²) in [7, 11) is 2.21. The van der Waals surface area contributed by atoms with E-state index in [1.807, 2.05) is 0 Å². The van der Waals surface area contributed by atoms with Crippen LogP contribution >= 0.6 is 0 Å². The Balaban J connectivity index is 1.87. The third kappa shape index (κ3) is 3.09. The van der Waals surface area contributed by atoms with Gasteiger partial charge in [0.2, 0.25) is 0 Å². The number of piperidine rings is 1. The largest absolute Gasteiger partial charge is 0.487 e. The van der Waals surface area contributed by atoms with E-state index in [1.165, 1.54) is 17.5 Å². The predicted octanol–water partition coefficient (Wildman–Crippen LogP) is 3.28. The van der Waals surface area contributed by atoms with E-state index in [4.69, 9.17) is 4.74 Å². The molecule has 0 saturated carbocycles. The fourth-order valence-electron chi connectivity index (χ4n) is 3.62. The number of rotatable bonds is 3. The maximum absolute atomic E-state index is 6.51. The smallest absolute Gasteiger partial charge is 0.124 e.